The van der Waals surface area contributed by atoms with Gasteiger partial charge < -0.3 is 19.6 Å². The molecule has 2 heterocycles. The lowest BCUT2D eigenvalue weighted by molar-refractivity contribution is 0.174. The highest BCUT2D eigenvalue weighted by molar-refractivity contribution is 5.79. The first kappa shape index (κ1) is 18.3. The Balaban J connectivity index is 1.59. The number of hydrogen-bond acceptors (Lipinski definition) is 6. The number of nitrogens with one attached hydrogen (secondary N) is 2. The topological polar surface area (TPSA) is 93.0 Å². The van der Waals surface area contributed by atoms with Gasteiger partial charge in [0.2, 0.25) is 5.89 Å². The van der Waals surface area contributed by atoms with Crippen LogP contribution in [0.5, 0.6) is 0 Å². The van der Waals surface area contributed by atoms with Gasteiger partial charge in [-0.25, -0.2) is 0 Å². The van der Waals surface area contributed by atoms with Gasteiger partial charge in [0.1, 0.15) is 6.61 Å². The smallest absolute Gasteiger partial charge is 0.240 e. The van der Waals surface area contributed by atoms with Crippen molar-refractivity contribution in [3.05, 3.63) is 57.5 Å². The first-order valence-corrected chi connectivity index (χ1v) is 8.72. The molecule has 7 heteroatoms. The Morgan fingerprint density at radius 3 is 2.96 bits per heavy atom. The molecular weight excluding hydrogens is 332 g/mol. The maximum atomic E-state index is 12.7. The van der Waals surface area contributed by atoms with Crippen LogP contribution in [0.15, 0.2) is 33.6 Å². The lowest BCUT2D eigenvalue weighted by Gasteiger charge is -2.13. The van der Waals surface area contributed by atoms with Crippen molar-refractivity contribution < 1.29 is 9.26 Å². The van der Waals surface area contributed by atoms with Gasteiger partial charge in [-0.15, -0.1) is 0 Å². The van der Waals surface area contributed by atoms with Gasteiger partial charge in [0.15, 0.2) is 11.3 Å². The highest BCUT2D eigenvalue weighted by atomic mass is 16.5. The Labute approximate surface area is 151 Å². The fourth-order valence-corrected chi connectivity index (χ4v) is 2.98. The molecule has 0 aliphatic heterocycles. The molecule has 0 fully saturated rings. The molecule has 0 bridgehead atoms. The van der Waals surface area contributed by atoms with Crippen molar-refractivity contribution >= 4 is 10.9 Å². The lowest BCUT2D eigenvalue weighted by atomic mass is 10.0. The summed E-state index contributed by atoms with van der Waals surface area (Å²) in [6.07, 6.45) is 1.54. The molecule has 1 atom stereocenters. The maximum Gasteiger partial charge on any atom is 0.240 e. The molecular formula is C19H24N4O3. The van der Waals surface area contributed by atoms with E-state index in [1.165, 1.54) is 0 Å². The number of ether oxygens (including phenoxy) is 1. The van der Waals surface area contributed by atoms with Crippen LogP contribution in [0, 0.1) is 6.92 Å². The van der Waals surface area contributed by atoms with E-state index in [4.69, 9.17) is 9.26 Å². The predicted molar refractivity (Wildman–Crippen MR) is 98.9 cm³/mol. The summed E-state index contributed by atoms with van der Waals surface area (Å²) in [6.45, 7) is 4.86. The molecule has 0 saturated heterocycles. The van der Waals surface area contributed by atoms with Crippen molar-refractivity contribution in [2.24, 2.45) is 0 Å². The van der Waals surface area contributed by atoms with Crippen molar-refractivity contribution in [3.8, 4) is 0 Å². The van der Waals surface area contributed by atoms with Crippen LogP contribution < -0.4 is 10.7 Å². The highest BCUT2D eigenvalue weighted by Gasteiger charge is 2.12. The van der Waals surface area contributed by atoms with E-state index in [-0.39, 0.29) is 11.5 Å². The van der Waals surface area contributed by atoms with Crippen LogP contribution in [0.2, 0.25) is 0 Å². The summed E-state index contributed by atoms with van der Waals surface area (Å²) in [5.74, 6) is 1.07. The van der Waals surface area contributed by atoms with Crippen LogP contribution in [0.4, 0.5) is 0 Å². The van der Waals surface area contributed by atoms with Crippen molar-refractivity contribution in [1.29, 1.82) is 0 Å². The number of aromatic nitrogens is 3. The van der Waals surface area contributed by atoms with Gasteiger partial charge in [-0.3, -0.25) is 4.79 Å². The molecule has 1 unspecified atom stereocenters. The van der Waals surface area contributed by atoms with E-state index in [0.29, 0.717) is 31.3 Å². The van der Waals surface area contributed by atoms with Crippen LogP contribution in [0.1, 0.15) is 36.3 Å². The number of pyridine rings is 1. The minimum absolute atomic E-state index is 0.116. The van der Waals surface area contributed by atoms with Crippen molar-refractivity contribution in [2.45, 2.75) is 45.9 Å². The van der Waals surface area contributed by atoms with E-state index < -0.39 is 0 Å². The van der Waals surface area contributed by atoms with Crippen LogP contribution in [-0.4, -0.2) is 28.3 Å². The summed E-state index contributed by atoms with van der Waals surface area (Å²) in [4.78, 5) is 20.3. The molecule has 1 aromatic carbocycles. The molecule has 26 heavy (non-hydrogen) atoms. The Morgan fingerprint density at radius 1 is 1.35 bits per heavy atom. The molecule has 0 radical (unpaired) electrons. The molecule has 138 valence electrons. The Morgan fingerprint density at radius 2 is 2.15 bits per heavy atom. The zero-order chi connectivity index (χ0) is 18.5. The fourth-order valence-electron chi connectivity index (χ4n) is 2.98. The quantitative estimate of drug-likeness (QED) is 0.644. The molecule has 3 aromatic rings. The molecule has 0 saturated carbocycles. The summed E-state index contributed by atoms with van der Waals surface area (Å²) < 4.78 is 10.1. The molecule has 0 spiro atoms. The van der Waals surface area contributed by atoms with E-state index in [1.54, 1.807) is 7.11 Å². The first-order valence-electron chi connectivity index (χ1n) is 8.72. The van der Waals surface area contributed by atoms with Crippen LogP contribution >= 0.6 is 0 Å². The van der Waals surface area contributed by atoms with E-state index >= 15 is 0 Å². The Kier molecular flexibility index (Phi) is 5.80. The standard InChI is InChI=1S/C19H24N4O3/c1-12(20-10-18-22-17(11-25-3)23-26-18)8-9-14-13(2)21-16-7-5-4-6-15(16)19(14)24/h4-7,12,20H,8-11H2,1-3H3,(H,21,24). The van der Waals surface area contributed by atoms with Crippen LogP contribution in [-0.2, 0) is 24.3 Å². The summed E-state index contributed by atoms with van der Waals surface area (Å²) in [7, 11) is 1.59. The number of hydrogen-bond donors (Lipinski definition) is 2. The highest BCUT2D eigenvalue weighted by Crippen LogP contribution is 2.13. The zero-order valence-electron chi connectivity index (χ0n) is 15.3. The van der Waals surface area contributed by atoms with Crippen LogP contribution in [0.3, 0.4) is 0 Å². The summed E-state index contributed by atoms with van der Waals surface area (Å²) in [5, 5.41) is 7.93. The number of aromatic amines is 1. The second-order valence-corrected chi connectivity index (χ2v) is 6.46. The first-order chi connectivity index (χ1) is 12.6. The maximum absolute atomic E-state index is 12.7. The van der Waals surface area contributed by atoms with E-state index in [9.17, 15) is 4.79 Å². The van der Waals surface area contributed by atoms with Crippen molar-refractivity contribution in [3.63, 3.8) is 0 Å². The number of fused-ring (bicyclic) bond motifs is 1. The number of benzene rings is 1. The van der Waals surface area contributed by atoms with Gasteiger partial charge >= 0.3 is 0 Å². The number of aryl methyl sites for hydroxylation is 1. The van der Waals surface area contributed by atoms with Gasteiger partial charge in [-0.1, -0.05) is 17.3 Å². The minimum atomic E-state index is 0.116. The molecule has 3 rings (SSSR count). The number of para-hydroxylation sites is 1. The largest absolute Gasteiger partial charge is 0.377 e. The average molecular weight is 356 g/mol. The molecule has 0 aliphatic rings. The van der Waals surface area contributed by atoms with Crippen LogP contribution in [0.25, 0.3) is 10.9 Å². The molecule has 2 N–H and O–H groups in total. The average Bonchev–Trinajstić information content (AvgIpc) is 3.08. The van der Waals surface area contributed by atoms with Crippen molar-refractivity contribution in [2.75, 3.05) is 7.11 Å². The molecule has 0 aliphatic carbocycles. The predicted octanol–water partition coefficient (Wildman–Crippen LogP) is 2.48. The van der Waals surface area contributed by atoms with E-state index in [2.05, 4.69) is 27.4 Å². The third-order valence-corrected chi connectivity index (χ3v) is 4.43. The lowest BCUT2D eigenvalue weighted by Crippen LogP contribution is -2.27. The zero-order valence-corrected chi connectivity index (χ0v) is 15.3. The van der Waals surface area contributed by atoms with Gasteiger partial charge in [0.05, 0.1) is 6.54 Å². The third-order valence-electron chi connectivity index (χ3n) is 4.43. The Bertz CT molecular complexity index is 932. The van der Waals surface area contributed by atoms with Crippen molar-refractivity contribution in [1.82, 2.24) is 20.4 Å². The SMILES string of the molecule is COCc1noc(CNC(C)CCc2c(C)[nH]c3ccccc3c2=O)n1. The van der Waals surface area contributed by atoms with E-state index in [1.807, 2.05) is 31.2 Å². The number of rotatable bonds is 8. The third kappa shape index (κ3) is 4.17. The normalized spacial score (nSPS) is 12.6. The number of nitrogens with zero attached hydrogens (tertiary/aromatic N) is 2. The number of methoxy groups -OCH3 is 1. The van der Waals surface area contributed by atoms with E-state index in [0.717, 1.165) is 28.6 Å². The molecule has 0 amide bonds. The molecule has 7 nitrogen and oxygen atoms in total. The Hall–Kier alpha value is -2.51. The fraction of sp³-hybridized carbons (Fsp3) is 0.421. The second-order valence-electron chi connectivity index (χ2n) is 6.46. The summed E-state index contributed by atoms with van der Waals surface area (Å²) >= 11 is 0. The van der Waals surface area contributed by atoms with Gasteiger partial charge in [-0.05, 0) is 38.8 Å². The number of H-pyrrole nitrogens is 1. The van der Waals surface area contributed by atoms with Gasteiger partial charge in [0, 0.05) is 35.3 Å². The summed E-state index contributed by atoms with van der Waals surface area (Å²) in [5.41, 5.74) is 2.78. The van der Waals surface area contributed by atoms with Gasteiger partial charge in [-0.2, -0.15) is 4.98 Å². The monoisotopic (exact) mass is 356 g/mol. The summed E-state index contributed by atoms with van der Waals surface area (Å²) in [6, 6.07) is 7.83. The second kappa shape index (κ2) is 8.25. The molecule has 2 aromatic heterocycles. The van der Waals surface area contributed by atoms with Gasteiger partial charge in [0.25, 0.3) is 0 Å². The minimum Gasteiger partial charge on any atom is -0.377 e.